The normalized spacial score (nSPS) is 26.2. The molecule has 0 radical (unpaired) electrons. The third-order valence-electron chi connectivity index (χ3n) is 6.43. The smallest absolute Gasteiger partial charge is 0.473 e. The van der Waals surface area contributed by atoms with Crippen molar-refractivity contribution in [2.75, 3.05) is 18.9 Å². The van der Waals surface area contributed by atoms with E-state index < -0.39 is 63.0 Å². The number of nitrogens with two attached hydrogens (primary N) is 1. The Kier molecular flexibility index (Phi) is 6.59. The summed E-state index contributed by atoms with van der Waals surface area (Å²) < 4.78 is 51.7. The Morgan fingerprint density at radius 1 is 1.17 bits per heavy atom. The molecule has 0 aliphatic carbocycles. The molecule has 0 aromatic carbocycles. The quantitative estimate of drug-likeness (QED) is 0.136. The summed E-state index contributed by atoms with van der Waals surface area (Å²) in [5.41, 5.74) is 4.33. The predicted molar refractivity (Wildman–Crippen MR) is 132 cm³/mol. The van der Waals surface area contributed by atoms with E-state index >= 15 is 4.39 Å². The van der Waals surface area contributed by atoms with Crippen molar-refractivity contribution in [3.63, 3.8) is 0 Å². The number of nitrogens with zero attached hydrogens (tertiary/aromatic N) is 6. The van der Waals surface area contributed by atoms with Crippen LogP contribution in [-0.2, 0) is 23.1 Å². The molecule has 218 valence electrons. The monoisotopic (exact) mass is 597 g/mol. The van der Waals surface area contributed by atoms with Gasteiger partial charge in [0.2, 0.25) is 5.95 Å². The number of alkyl halides is 1. The van der Waals surface area contributed by atoms with E-state index in [0.29, 0.717) is 0 Å². The minimum absolute atomic E-state index is 0.0389. The van der Waals surface area contributed by atoms with Gasteiger partial charge in [0.15, 0.2) is 46.7 Å². The molecule has 4 aromatic heterocycles. The molecule has 0 saturated carbocycles. The van der Waals surface area contributed by atoms with Gasteiger partial charge in [-0.1, -0.05) is 0 Å². The van der Waals surface area contributed by atoms with Crippen LogP contribution >= 0.6 is 7.82 Å². The minimum atomic E-state index is -5.09. The number of nitrogen functional groups attached to an aromatic ring is 1. The van der Waals surface area contributed by atoms with E-state index in [-0.39, 0.29) is 46.2 Å². The van der Waals surface area contributed by atoms with Crippen molar-refractivity contribution >= 4 is 36.1 Å². The summed E-state index contributed by atoms with van der Waals surface area (Å²) in [4.78, 5) is 55.0. The molecule has 19 nitrogen and oxygen atoms in total. The molecule has 6 heterocycles. The zero-order valence-electron chi connectivity index (χ0n) is 20.5. The maximum atomic E-state index is 15.2. The van der Waals surface area contributed by atoms with E-state index in [1.807, 2.05) is 0 Å². The second-order valence-electron chi connectivity index (χ2n) is 8.98. The zero-order valence-corrected chi connectivity index (χ0v) is 21.4. The van der Waals surface area contributed by atoms with Gasteiger partial charge in [0.1, 0.15) is 30.9 Å². The number of anilines is 1. The summed E-state index contributed by atoms with van der Waals surface area (Å²) in [5.74, 6) is -0.838. The number of rotatable bonds is 8. The molecule has 0 spiro atoms. The van der Waals surface area contributed by atoms with Crippen molar-refractivity contribution in [1.29, 1.82) is 0 Å². The number of phosphoric acid groups is 1. The summed E-state index contributed by atoms with van der Waals surface area (Å²) >= 11 is 0. The maximum Gasteiger partial charge on any atom is 0.473 e. The van der Waals surface area contributed by atoms with Crippen LogP contribution in [0.15, 0.2) is 40.1 Å². The third kappa shape index (κ3) is 4.75. The van der Waals surface area contributed by atoms with Crippen molar-refractivity contribution in [1.82, 2.24) is 39.0 Å². The van der Waals surface area contributed by atoms with E-state index in [1.54, 1.807) is 0 Å². The van der Waals surface area contributed by atoms with Crippen LogP contribution in [0.4, 0.5) is 10.3 Å². The Hall–Kier alpha value is -4.20. The van der Waals surface area contributed by atoms with Gasteiger partial charge >= 0.3 is 7.82 Å². The number of aromatic nitrogens is 8. The molecular formula is C20H21FN9O10P. The highest BCUT2D eigenvalue weighted by molar-refractivity contribution is 7.47. The summed E-state index contributed by atoms with van der Waals surface area (Å²) in [6, 6.07) is 0. The number of imidazole rings is 2. The van der Waals surface area contributed by atoms with E-state index in [0.717, 1.165) is 10.9 Å². The number of aromatic amines is 2. The molecule has 0 amide bonds. The molecule has 2 aliphatic rings. The van der Waals surface area contributed by atoms with Gasteiger partial charge in [-0.15, -0.1) is 0 Å². The van der Waals surface area contributed by atoms with Crippen molar-refractivity contribution in [3.8, 4) is 0 Å². The molecule has 4 aromatic rings. The fraction of sp³-hybridized carbons (Fsp3) is 0.400. The van der Waals surface area contributed by atoms with Gasteiger partial charge in [0.25, 0.3) is 11.1 Å². The first-order chi connectivity index (χ1) is 19.6. The van der Waals surface area contributed by atoms with E-state index in [1.165, 1.54) is 17.2 Å². The number of aliphatic hydroxyl groups excluding tert-OH is 2. The van der Waals surface area contributed by atoms with Crippen LogP contribution in [0.1, 0.15) is 18.9 Å². The number of H-pyrrole nitrogens is 2. The zero-order chi connectivity index (χ0) is 29.1. The third-order valence-corrected chi connectivity index (χ3v) is 7.39. The molecule has 6 rings (SSSR count). The summed E-state index contributed by atoms with van der Waals surface area (Å²) in [6.07, 6.45) is -4.46. The first-order valence-corrected chi connectivity index (χ1v) is 13.3. The Balaban J connectivity index is 1.18. The molecule has 1 saturated heterocycles. The van der Waals surface area contributed by atoms with E-state index in [9.17, 15) is 29.3 Å². The maximum absolute atomic E-state index is 15.2. The molecule has 41 heavy (non-hydrogen) atoms. The average molecular weight is 597 g/mol. The lowest BCUT2D eigenvalue weighted by atomic mass is 10.1. The Labute approximate surface area is 225 Å². The number of fused-ring (bicyclic) bond motifs is 2. The van der Waals surface area contributed by atoms with Crippen molar-refractivity contribution in [2.24, 2.45) is 0 Å². The molecular weight excluding hydrogens is 576 g/mol. The van der Waals surface area contributed by atoms with Gasteiger partial charge in [-0.05, 0) is 0 Å². The lowest BCUT2D eigenvalue weighted by Gasteiger charge is -2.23. The largest absolute Gasteiger partial charge is 0.508 e. The Bertz CT molecular complexity index is 1840. The van der Waals surface area contributed by atoms with Crippen LogP contribution in [-0.4, -0.2) is 85.7 Å². The number of nitrogens with one attached hydrogen (secondary N) is 2. The standard InChI is InChI=1S/C20H21FN9O10P/c21-11-8(2-31)39-19(30-6-26-13-16(30)27-20(22)28-18(13)34)14(11)40-41(35,36)37-3-9-7(32)1-10(38-9)29-5-25-12-15(29)23-4-24-17(12)33/h4-6,8,10-11,14,19,31-32H,1-3H2,(H,35,36)(H,23,24,33)(H3,22,27,28,34)/t8-,10-,11-,14-,19-/m1/s1. The average Bonchev–Trinajstić information content (AvgIpc) is 3.69. The molecule has 0 bridgehead atoms. The van der Waals surface area contributed by atoms with Gasteiger partial charge in [-0.2, -0.15) is 4.98 Å². The van der Waals surface area contributed by atoms with Gasteiger partial charge in [-0.3, -0.25) is 32.8 Å². The van der Waals surface area contributed by atoms with Crippen molar-refractivity contribution in [2.45, 2.75) is 37.3 Å². The lowest BCUT2D eigenvalue weighted by Crippen LogP contribution is -2.32. The van der Waals surface area contributed by atoms with Crippen molar-refractivity contribution in [3.05, 3.63) is 51.2 Å². The number of hydrogen-bond donors (Lipinski definition) is 6. The van der Waals surface area contributed by atoms with Crippen LogP contribution in [0.5, 0.6) is 0 Å². The van der Waals surface area contributed by atoms with E-state index in [4.69, 9.17) is 24.3 Å². The number of phosphoric ester groups is 1. The molecule has 6 atom stereocenters. The number of halogens is 1. The van der Waals surface area contributed by atoms with Crippen molar-refractivity contribution < 1.29 is 42.6 Å². The Morgan fingerprint density at radius 2 is 1.90 bits per heavy atom. The second kappa shape index (κ2) is 10.0. The molecule has 21 heteroatoms. The summed E-state index contributed by atoms with van der Waals surface area (Å²) in [7, 11) is -5.09. The van der Waals surface area contributed by atoms with Gasteiger partial charge < -0.3 is 35.3 Å². The van der Waals surface area contributed by atoms with Gasteiger partial charge in [0, 0.05) is 0 Å². The first kappa shape index (κ1) is 27.0. The number of hydrogen-bond acceptors (Lipinski definition) is 14. The van der Waals surface area contributed by atoms with Gasteiger partial charge in [-0.25, -0.2) is 23.9 Å². The van der Waals surface area contributed by atoms with Crippen LogP contribution < -0.4 is 16.9 Å². The fourth-order valence-electron chi connectivity index (χ4n) is 4.53. The fourth-order valence-corrected chi connectivity index (χ4v) is 5.40. The molecule has 2 aliphatic heterocycles. The topological polar surface area (TPSA) is 268 Å². The SMILES string of the molecule is Nc1nc2c(ncn2[C@@H]2O[C@H](CO)[C@@H](F)[C@H]2OP(=O)(O)OCC2=C(O)C[C@H](n3cnc4c(=O)[nH]cnc43)O2)c(=O)[nH]1. The first-order valence-electron chi connectivity index (χ1n) is 11.8. The second-order valence-corrected chi connectivity index (χ2v) is 10.4. The molecule has 1 fully saturated rings. The van der Waals surface area contributed by atoms with Crippen LogP contribution in [0.2, 0.25) is 0 Å². The minimum Gasteiger partial charge on any atom is -0.508 e. The number of ether oxygens (including phenoxy) is 2. The highest BCUT2D eigenvalue weighted by atomic mass is 31.2. The van der Waals surface area contributed by atoms with Crippen LogP contribution in [0, 0.1) is 0 Å². The highest BCUT2D eigenvalue weighted by Gasteiger charge is 2.50. The molecule has 1 unspecified atom stereocenters. The summed E-state index contributed by atoms with van der Waals surface area (Å²) in [5, 5.41) is 19.9. The van der Waals surface area contributed by atoms with Crippen LogP contribution in [0.3, 0.4) is 0 Å². The summed E-state index contributed by atoms with van der Waals surface area (Å²) in [6.45, 7) is -1.58. The van der Waals surface area contributed by atoms with E-state index in [2.05, 4.69) is 29.9 Å². The van der Waals surface area contributed by atoms with Gasteiger partial charge in [0.05, 0.1) is 25.7 Å². The Morgan fingerprint density at radius 3 is 2.66 bits per heavy atom. The molecule has 7 N–H and O–H groups in total. The lowest BCUT2D eigenvalue weighted by molar-refractivity contribution is -0.0501. The van der Waals surface area contributed by atoms with Crippen LogP contribution in [0.25, 0.3) is 22.3 Å². The highest BCUT2D eigenvalue weighted by Crippen LogP contribution is 2.50. The predicted octanol–water partition coefficient (Wildman–Crippen LogP) is -0.747. The number of aliphatic hydroxyl groups is 2.